The molecule has 1 aromatic heterocycles. The van der Waals surface area contributed by atoms with Gasteiger partial charge in [0.05, 0.1) is 16.8 Å². The van der Waals surface area contributed by atoms with E-state index >= 15 is 0 Å². The molecule has 2 heterocycles. The Bertz CT molecular complexity index is 1460. The average Bonchev–Trinajstić information content (AvgIpc) is 3.27. The molecule has 170 valence electrons. The van der Waals surface area contributed by atoms with Crippen molar-refractivity contribution >= 4 is 28.5 Å². The maximum atomic E-state index is 12.9. The van der Waals surface area contributed by atoms with Gasteiger partial charge in [0.25, 0.3) is 11.5 Å². The number of primary amides is 1. The van der Waals surface area contributed by atoms with Crippen molar-refractivity contribution in [3.8, 4) is 22.8 Å². The number of nitrogens with one attached hydrogen (secondary N) is 1. The quantitative estimate of drug-likeness (QED) is 0.475. The summed E-state index contributed by atoms with van der Waals surface area (Å²) >= 11 is 0. The lowest BCUT2D eigenvalue weighted by Crippen LogP contribution is -2.31. The number of hydrogen-bond donors (Lipinski definition) is 2. The van der Waals surface area contributed by atoms with E-state index in [1.807, 2.05) is 18.2 Å². The number of aromatic nitrogens is 2. The second kappa shape index (κ2) is 8.70. The van der Waals surface area contributed by atoms with Crippen LogP contribution in [0.15, 0.2) is 71.5 Å². The Labute approximate surface area is 193 Å². The fraction of sp³-hybridized carbons (Fsp3) is 0.120. The van der Waals surface area contributed by atoms with E-state index in [0.29, 0.717) is 41.2 Å². The number of fused-ring (bicyclic) bond motifs is 2. The van der Waals surface area contributed by atoms with Crippen LogP contribution in [-0.2, 0) is 11.2 Å². The first-order valence-electron chi connectivity index (χ1n) is 10.6. The Morgan fingerprint density at radius 3 is 2.50 bits per heavy atom. The van der Waals surface area contributed by atoms with E-state index in [9.17, 15) is 14.4 Å². The number of hydrogen-bond acceptors (Lipinski definition) is 6. The molecule has 4 aromatic rings. The Kier molecular flexibility index (Phi) is 5.43. The van der Waals surface area contributed by atoms with Crippen molar-refractivity contribution in [2.45, 2.75) is 6.42 Å². The molecule has 5 rings (SSSR count). The molecule has 0 fully saturated rings. The number of nitrogens with zero attached hydrogens (tertiary/aromatic N) is 2. The van der Waals surface area contributed by atoms with E-state index in [1.54, 1.807) is 48.5 Å². The number of amides is 2. The van der Waals surface area contributed by atoms with Gasteiger partial charge in [-0.15, -0.1) is 0 Å². The van der Waals surface area contributed by atoms with Gasteiger partial charge in [0.15, 0.2) is 6.61 Å². The maximum Gasteiger partial charge on any atom is 0.419 e. The predicted molar refractivity (Wildman–Crippen MR) is 126 cm³/mol. The molecule has 0 aliphatic carbocycles. The molecular weight excluding hydrogens is 436 g/mol. The van der Waals surface area contributed by atoms with E-state index < -0.39 is 12.0 Å². The van der Waals surface area contributed by atoms with E-state index in [1.165, 1.54) is 4.90 Å². The van der Waals surface area contributed by atoms with Gasteiger partial charge in [-0.05, 0) is 48.4 Å². The van der Waals surface area contributed by atoms with E-state index in [4.69, 9.17) is 15.2 Å². The minimum atomic E-state index is -0.578. The van der Waals surface area contributed by atoms with E-state index in [-0.39, 0.29) is 12.2 Å². The van der Waals surface area contributed by atoms with Crippen LogP contribution in [0.3, 0.4) is 0 Å². The molecule has 3 N–H and O–H groups in total. The molecule has 2 amide bonds. The molecule has 0 radical (unpaired) electrons. The molecule has 9 heteroatoms. The second-order valence-corrected chi connectivity index (χ2v) is 7.79. The fourth-order valence-electron chi connectivity index (χ4n) is 3.96. The fourth-order valence-corrected chi connectivity index (χ4v) is 3.96. The molecule has 0 saturated heterocycles. The number of nitrogens with two attached hydrogens (primary N) is 1. The highest BCUT2D eigenvalue weighted by Crippen LogP contribution is 2.33. The van der Waals surface area contributed by atoms with Crippen molar-refractivity contribution < 1.29 is 19.1 Å². The molecule has 34 heavy (non-hydrogen) atoms. The first-order chi connectivity index (χ1) is 16.5. The second-order valence-electron chi connectivity index (χ2n) is 7.79. The van der Waals surface area contributed by atoms with Gasteiger partial charge in [-0.1, -0.05) is 24.3 Å². The smallest absolute Gasteiger partial charge is 0.419 e. The predicted octanol–water partition coefficient (Wildman–Crippen LogP) is 3.02. The normalized spacial score (nSPS) is 12.4. The third-order valence-electron chi connectivity index (χ3n) is 5.58. The number of carbonyl (C=O) groups excluding carboxylic acids is 2. The third-order valence-corrected chi connectivity index (χ3v) is 5.58. The highest BCUT2D eigenvalue weighted by atomic mass is 16.6. The summed E-state index contributed by atoms with van der Waals surface area (Å²) in [5.74, 6) is 0.240. The van der Waals surface area contributed by atoms with Crippen LogP contribution >= 0.6 is 0 Å². The van der Waals surface area contributed by atoms with Gasteiger partial charge in [0.2, 0.25) is 0 Å². The van der Waals surface area contributed by atoms with Crippen molar-refractivity contribution in [2.24, 2.45) is 5.73 Å². The minimum absolute atomic E-state index is 0.241. The van der Waals surface area contributed by atoms with Crippen LogP contribution in [0.2, 0.25) is 0 Å². The van der Waals surface area contributed by atoms with Crippen molar-refractivity contribution in [1.82, 2.24) is 10.2 Å². The van der Waals surface area contributed by atoms with Crippen molar-refractivity contribution in [2.75, 3.05) is 18.1 Å². The summed E-state index contributed by atoms with van der Waals surface area (Å²) in [6.45, 7) is 0.230. The summed E-state index contributed by atoms with van der Waals surface area (Å²) in [5.41, 5.74) is 7.93. The van der Waals surface area contributed by atoms with Crippen LogP contribution < -0.4 is 25.7 Å². The van der Waals surface area contributed by atoms with Gasteiger partial charge in [0, 0.05) is 23.6 Å². The zero-order chi connectivity index (χ0) is 23.7. The summed E-state index contributed by atoms with van der Waals surface area (Å²) in [6.07, 6.45) is 0.163. The number of H-pyrrole nitrogens is 1. The lowest BCUT2D eigenvalue weighted by molar-refractivity contribution is -0.119. The lowest BCUT2D eigenvalue weighted by atomic mass is 10.1. The highest BCUT2D eigenvalue weighted by molar-refractivity contribution is 5.94. The molecule has 1 aliphatic rings. The average molecular weight is 456 g/mol. The van der Waals surface area contributed by atoms with Gasteiger partial charge < -0.3 is 15.2 Å². The molecule has 9 nitrogen and oxygen atoms in total. The Balaban J connectivity index is 1.34. The molecular formula is C25H20N4O5. The molecule has 3 aromatic carbocycles. The molecule has 0 spiro atoms. The highest BCUT2D eigenvalue weighted by Gasteiger charge is 2.27. The van der Waals surface area contributed by atoms with E-state index in [2.05, 4.69) is 10.2 Å². The van der Waals surface area contributed by atoms with Crippen LogP contribution in [0.1, 0.15) is 5.56 Å². The largest absolute Gasteiger partial charge is 0.484 e. The minimum Gasteiger partial charge on any atom is -0.484 e. The standard InChI is InChI=1S/C25H20N4O5/c26-22(30)14-33-18-10-5-15-11-12-29(21(15)13-18)25(32)34-17-8-6-16(7-9-17)23-19-3-1-2-4-20(19)24(31)28-27-23/h1-10,13H,11-12,14H2,(H2,26,30)(H,28,31). The summed E-state index contributed by atoms with van der Waals surface area (Å²) in [5, 5.41) is 8.00. The number of anilines is 1. The lowest BCUT2D eigenvalue weighted by Gasteiger charge is -2.17. The van der Waals surface area contributed by atoms with Crippen molar-refractivity contribution in [1.29, 1.82) is 0 Å². The van der Waals surface area contributed by atoms with Gasteiger partial charge in [-0.3, -0.25) is 14.5 Å². The van der Waals surface area contributed by atoms with Crippen molar-refractivity contribution in [3.63, 3.8) is 0 Å². The monoisotopic (exact) mass is 456 g/mol. The molecule has 0 unspecified atom stereocenters. The maximum absolute atomic E-state index is 12.9. The van der Waals surface area contributed by atoms with Crippen LogP contribution in [-0.4, -0.2) is 35.3 Å². The van der Waals surface area contributed by atoms with Crippen molar-refractivity contribution in [3.05, 3.63) is 82.6 Å². The van der Waals surface area contributed by atoms with Gasteiger partial charge >= 0.3 is 6.09 Å². The molecule has 0 atom stereocenters. The summed E-state index contributed by atoms with van der Waals surface area (Å²) in [6, 6.07) is 19.4. The first kappa shape index (κ1) is 21.2. The number of carbonyl (C=O) groups is 2. The Hall–Kier alpha value is -4.66. The third kappa shape index (κ3) is 4.06. The summed E-state index contributed by atoms with van der Waals surface area (Å²) in [7, 11) is 0. The topological polar surface area (TPSA) is 128 Å². The van der Waals surface area contributed by atoms with Crippen LogP contribution in [0, 0.1) is 0 Å². The Morgan fingerprint density at radius 2 is 1.74 bits per heavy atom. The summed E-state index contributed by atoms with van der Waals surface area (Å²) in [4.78, 5) is 37.4. The number of ether oxygens (including phenoxy) is 2. The zero-order valence-electron chi connectivity index (χ0n) is 18.0. The molecule has 0 bridgehead atoms. The summed E-state index contributed by atoms with van der Waals surface area (Å²) < 4.78 is 10.9. The van der Waals surface area contributed by atoms with E-state index in [0.717, 1.165) is 16.5 Å². The first-order valence-corrected chi connectivity index (χ1v) is 10.6. The number of rotatable bonds is 5. The van der Waals surface area contributed by atoms with Crippen LogP contribution in [0.25, 0.3) is 22.0 Å². The molecule has 1 aliphatic heterocycles. The zero-order valence-corrected chi connectivity index (χ0v) is 18.0. The SMILES string of the molecule is NC(=O)COc1ccc2c(c1)N(C(=O)Oc1ccc(-c3n[nH]c(=O)c4ccccc34)cc1)CC2. The van der Waals surface area contributed by atoms with Gasteiger partial charge in [-0.2, -0.15) is 5.10 Å². The number of benzene rings is 3. The van der Waals surface area contributed by atoms with Gasteiger partial charge in [0.1, 0.15) is 11.5 Å². The van der Waals surface area contributed by atoms with Crippen LogP contribution in [0.5, 0.6) is 11.5 Å². The molecule has 0 saturated carbocycles. The number of aromatic amines is 1. The van der Waals surface area contributed by atoms with Gasteiger partial charge in [-0.25, -0.2) is 9.89 Å². The Morgan fingerprint density at radius 1 is 1.00 bits per heavy atom. The van der Waals surface area contributed by atoms with Crippen LogP contribution in [0.4, 0.5) is 10.5 Å².